The second-order valence-electron chi connectivity index (χ2n) is 5.40. The Balaban J connectivity index is 2.11. The molecule has 0 aliphatic heterocycles. The first-order valence-corrected chi connectivity index (χ1v) is 7.47. The van der Waals surface area contributed by atoms with E-state index in [0.29, 0.717) is 24.4 Å². The molecule has 1 aliphatic carbocycles. The maximum Gasteiger partial charge on any atom is 0.234 e. The Morgan fingerprint density at radius 1 is 1.33 bits per heavy atom. The number of hydrogen-bond acceptors (Lipinski definition) is 3. The molecule has 1 aromatic rings. The molecule has 1 aliphatic rings. The van der Waals surface area contributed by atoms with Gasteiger partial charge in [0.25, 0.3) is 0 Å². The Bertz CT molecular complexity index is 539. The van der Waals surface area contributed by atoms with Crippen LogP contribution < -0.4 is 11.1 Å². The fourth-order valence-electron chi connectivity index (χ4n) is 2.84. The number of halogens is 1. The molecule has 114 valence electrons. The van der Waals surface area contributed by atoms with Gasteiger partial charge in [0, 0.05) is 11.6 Å². The summed E-state index contributed by atoms with van der Waals surface area (Å²) in [5.41, 5.74) is 5.75. The second kappa shape index (κ2) is 6.80. The molecule has 21 heavy (non-hydrogen) atoms. The maximum atomic E-state index is 12.6. The summed E-state index contributed by atoms with van der Waals surface area (Å²) in [6, 6.07) is 7.35. The molecule has 1 fully saturated rings. The standard InChI is InChI=1S/C15H20ClN3O2/c16-12-7-3-2-6-11(12)10-18-14(20)15(13(17)19-21)8-4-1-5-9-15/h2-3,6-7,21H,1,4-5,8-10H2,(H2,17,19)(H,18,20). The summed E-state index contributed by atoms with van der Waals surface area (Å²) in [4.78, 5) is 12.6. The lowest BCUT2D eigenvalue weighted by Gasteiger charge is -2.34. The zero-order valence-corrected chi connectivity index (χ0v) is 12.6. The predicted octanol–water partition coefficient (Wildman–Crippen LogP) is 2.65. The molecule has 5 nitrogen and oxygen atoms in total. The minimum Gasteiger partial charge on any atom is -0.409 e. The number of nitrogens with one attached hydrogen (secondary N) is 1. The van der Waals surface area contributed by atoms with Crippen LogP contribution in [0, 0.1) is 5.41 Å². The van der Waals surface area contributed by atoms with Gasteiger partial charge in [-0.25, -0.2) is 0 Å². The number of benzene rings is 1. The zero-order chi connectivity index (χ0) is 15.3. The molecule has 0 spiro atoms. The average molecular weight is 310 g/mol. The van der Waals surface area contributed by atoms with Crippen LogP contribution in [0.4, 0.5) is 0 Å². The number of nitrogens with two attached hydrogens (primary N) is 1. The topological polar surface area (TPSA) is 87.7 Å². The molecule has 0 bridgehead atoms. The predicted molar refractivity (Wildman–Crippen MR) is 82.2 cm³/mol. The van der Waals surface area contributed by atoms with Crippen molar-refractivity contribution in [2.24, 2.45) is 16.3 Å². The van der Waals surface area contributed by atoms with E-state index in [2.05, 4.69) is 10.5 Å². The van der Waals surface area contributed by atoms with E-state index >= 15 is 0 Å². The second-order valence-corrected chi connectivity index (χ2v) is 5.81. The van der Waals surface area contributed by atoms with Gasteiger partial charge < -0.3 is 16.3 Å². The average Bonchev–Trinajstić information content (AvgIpc) is 2.53. The molecule has 4 N–H and O–H groups in total. The van der Waals surface area contributed by atoms with Crippen LogP contribution in [0.1, 0.15) is 37.7 Å². The SMILES string of the molecule is NC(=NO)C1(C(=O)NCc2ccccc2Cl)CCCCC1. The quantitative estimate of drug-likeness (QED) is 0.346. The normalized spacial score (nSPS) is 18.2. The molecule has 0 atom stereocenters. The highest BCUT2D eigenvalue weighted by Gasteiger charge is 2.43. The van der Waals surface area contributed by atoms with Crippen molar-refractivity contribution in [2.75, 3.05) is 0 Å². The summed E-state index contributed by atoms with van der Waals surface area (Å²) in [5.74, 6) is -0.198. The fraction of sp³-hybridized carbons (Fsp3) is 0.467. The van der Waals surface area contributed by atoms with Gasteiger partial charge in [-0.1, -0.05) is 54.2 Å². The first-order valence-electron chi connectivity index (χ1n) is 7.10. The van der Waals surface area contributed by atoms with Crippen molar-refractivity contribution in [1.29, 1.82) is 0 Å². The van der Waals surface area contributed by atoms with Crippen LogP contribution in [-0.2, 0) is 11.3 Å². The number of amidine groups is 1. The van der Waals surface area contributed by atoms with Crippen molar-refractivity contribution in [2.45, 2.75) is 38.6 Å². The lowest BCUT2D eigenvalue weighted by molar-refractivity contribution is -0.129. The summed E-state index contributed by atoms with van der Waals surface area (Å²) >= 11 is 6.08. The van der Waals surface area contributed by atoms with Gasteiger partial charge in [0.15, 0.2) is 5.84 Å². The van der Waals surface area contributed by atoms with Crippen LogP contribution in [0.2, 0.25) is 5.02 Å². The monoisotopic (exact) mass is 309 g/mol. The highest BCUT2D eigenvalue weighted by Crippen LogP contribution is 2.37. The number of carbonyl (C=O) groups excluding carboxylic acids is 1. The number of oxime groups is 1. The molecule has 0 radical (unpaired) electrons. The Morgan fingerprint density at radius 3 is 2.62 bits per heavy atom. The van der Waals surface area contributed by atoms with Gasteiger partial charge >= 0.3 is 0 Å². The van der Waals surface area contributed by atoms with Crippen molar-refractivity contribution >= 4 is 23.3 Å². The molecule has 0 unspecified atom stereocenters. The van der Waals surface area contributed by atoms with Crippen molar-refractivity contribution in [3.8, 4) is 0 Å². The van der Waals surface area contributed by atoms with Gasteiger partial charge in [-0.15, -0.1) is 0 Å². The largest absolute Gasteiger partial charge is 0.409 e. The minimum atomic E-state index is -0.895. The number of rotatable bonds is 4. The lowest BCUT2D eigenvalue weighted by Crippen LogP contribution is -2.50. The molecule has 0 saturated heterocycles. The zero-order valence-electron chi connectivity index (χ0n) is 11.8. The minimum absolute atomic E-state index is 0.00106. The van der Waals surface area contributed by atoms with E-state index in [4.69, 9.17) is 22.5 Å². The number of hydrogen-bond donors (Lipinski definition) is 3. The summed E-state index contributed by atoms with van der Waals surface area (Å²) in [6.45, 7) is 0.332. The van der Waals surface area contributed by atoms with Crippen LogP contribution in [0.15, 0.2) is 29.4 Å². The van der Waals surface area contributed by atoms with Gasteiger partial charge in [0.2, 0.25) is 5.91 Å². The summed E-state index contributed by atoms with van der Waals surface area (Å²) < 4.78 is 0. The molecule has 1 amide bonds. The van der Waals surface area contributed by atoms with Gasteiger partial charge in [-0.3, -0.25) is 4.79 Å². The molecule has 0 aromatic heterocycles. The molecule has 2 rings (SSSR count). The van der Waals surface area contributed by atoms with Gasteiger partial charge in [0.05, 0.1) is 0 Å². The third-order valence-electron chi connectivity index (χ3n) is 4.14. The van der Waals surface area contributed by atoms with E-state index in [1.807, 2.05) is 18.2 Å². The highest BCUT2D eigenvalue weighted by atomic mass is 35.5. The third kappa shape index (κ3) is 3.29. The van der Waals surface area contributed by atoms with Crippen molar-refractivity contribution in [3.05, 3.63) is 34.9 Å². The third-order valence-corrected chi connectivity index (χ3v) is 4.51. The molecule has 1 aromatic carbocycles. The first-order chi connectivity index (χ1) is 10.1. The highest BCUT2D eigenvalue weighted by molar-refractivity contribution is 6.31. The van der Waals surface area contributed by atoms with E-state index < -0.39 is 5.41 Å². The van der Waals surface area contributed by atoms with Gasteiger partial charge in [0.1, 0.15) is 5.41 Å². The van der Waals surface area contributed by atoms with Gasteiger partial charge in [-0.2, -0.15) is 0 Å². The van der Waals surface area contributed by atoms with E-state index in [1.54, 1.807) is 6.07 Å². The Hall–Kier alpha value is -1.75. The molecule has 0 heterocycles. The van der Waals surface area contributed by atoms with Crippen molar-refractivity contribution < 1.29 is 10.0 Å². The molecule has 6 heteroatoms. The fourth-order valence-corrected chi connectivity index (χ4v) is 3.04. The summed E-state index contributed by atoms with van der Waals surface area (Å²) in [5, 5.41) is 15.6. The molecular formula is C15H20ClN3O2. The molecule has 1 saturated carbocycles. The van der Waals surface area contributed by atoms with Crippen molar-refractivity contribution in [1.82, 2.24) is 5.32 Å². The van der Waals surface area contributed by atoms with E-state index in [1.165, 1.54) is 0 Å². The van der Waals surface area contributed by atoms with Crippen LogP contribution in [0.3, 0.4) is 0 Å². The Labute approximate surface area is 129 Å². The van der Waals surface area contributed by atoms with Gasteiger partial charge in [-0.05, 0) is 24.5 Å². The van der Waals surface area contributed by atoms with Crippen LogP contribution >= 0.6 is 11.6 Å². The van der Waals surface area contributed by atoms with E-state index in [-0.39, 0.29) is 11.7 Å². The number of amides is 1. The van der Waals surface area contributed by atoms with Crippen LogP contribution in [-0.4, -0.2) is 17.0 Å². The maximum absolute atomic E-state index is 12.6. The smallest absolute Gasteiger partial charge is 0.234 e. The van der Waals surface area contributed by atoms with Crippen molar-refractivity contribution in [3.63, 3.8) is 0 Å². The lowest BCUT2D eigenvalue weighted by atomic mass is 9.72. The number of carbonyl (C=O) groups is 1. The Morgan fingerprint density at radius 2 is 2.00 bits per heavy atom. The van der Waals surface area contributed by atoms with E-state index in [0.717, 1.165) is 24.8 Å². The van der Waals surface area contributed by atoms with Crippen LogP contribution in [0.5, 0.6) is 0 Å². The number of nitrogens with zero attached hydrogens (tertiary/aromatic N) is 1. The van der Waals surface area contributed by atoms with E-state index in [9.17, 15) is 4.79 Å². The Kier molecular flexibility index (Phi) is 5.07. The van der Waals surface area contributed by atoms with Crippen LogP contribution in [0.25, 0.3) is 0 Å². The summed E-state index contributed by atoms with van der Waals surface area (Å²) in [7, 11) is 0. The summed E-state index contributed by atoms with van der Waals surface area (Å²) in [6.07, 6.45) is 4.08. The molecular weight excluding hydrogens is 290 g/mol. The first kappa shape index (κ1) is 15.6.